The van der Waals surface area contributed by atoms with Gasteiger partial charge in [-0.05, 0) is 19.1 Å². The van der Waals surface area contributed by atoms with Gasteiger partial charge in [-0.25, -0.2) is 19.3 Å². The number of hydrogen-bond acceptors (Lipinski definition) is 4. The third kappa shape index (κ3) is 1.80. The lowest BCUT2D eigenvalue weighted by Gasteiger charge is -2.05. The highest BCUT2D eigenvalue weighted by Gasteiger charge is 2.05. The topological polar surface area (TPSA) is 61.4 Å². The Labute approximate surface area is 97.6 Å². The minimum Gasteiger partial charge on any atom is -0.222 e. The van der Waals surface area contributed by atoms with E-state index in [4.69, 9.17) is 0 Å². The van der Waals surface area contributed by atoms with Crippen LogP contribution in [-0.2, 0) is 0 Å². The molecule has 84 valence electrons. The van der Waals surface area contributed by atoms with Gasteiger partial charge in [0.1, 0.15) is 5.82 Å². The zero-order valence-electron chi connectivity index (χ0n) is 9.22. The molecule has 3 aromatic heterocycles. The molecule has 3 heterocycles. The van der Waals surface area contributed by atoms with Gasteiger partial charge in [-0.15, -0.1) is 0 Å². The van der Waals surface area contributed by atoms with Crippen molar-refractivity contribution in [1.29, 1.82) is 0 Å². The minimum absolute atomic E-state index is 0.684. The summed E-state index contributed by atoms with van der Waals surface area (Å²) >= 11 is 0. The number of aryl methyl sites for hydroxylation is 1. The van der Waals surface area contributed by atoms with Crippen molar-refractivity contribution < 1.29 is 0 Å². The highest BCUT2D eigenvalue weighted by Crippen LogP contribution is 2.09. The molecule has 0 fully saturated rings. The average molecular weight is 226 g/mol. The number of rotatable bonds is 2. The molecule has 0 aliphatic heterocycles. The number of hydrogen-bond donors (Lipinski definition) is 0. The van der Waals surface area contributed by atoms with Crippen molar-refractivity contribution in [2.45, 2.75) is 6.92 Å². The minimum atomic E-state index is 0.684. The average Bonchev–Trinajstić information content (AvgIpc) is 3.02. The Balaban J connectivity index is 2.13. The first-order chi connectivity index (χ1) is 8.33. The first-order valence-corrected chi connectivity index (χ1v) is 5.19. The van der Waals surface area contributed by atoms with Crippen LogP contribution in [0, 0.1) is 6.92 Å². The molecule has 0 radical (unpaired) electrons. The molecule has 0 aliphatic carbocycles. The molecular weight excluding hydrogens is 216 g/mol. The van der Waals surface area contributed by atoms with Gasteiger partial charge in [0.05, 0.1) is 0 Å². The summed E-state index contributed by atoms with van der Waals surface area (Å²) in [5.74, 6) is 2.14. The van der Waals surface area contributed by atoms with Crippen LogP contribution in [0.3, 0.4) is 0 Å². The monoisotopic (exact) mass is 226 g/mol. The highest BCUT2D eigenvalue weighted by atomic mass is 15.3. The fourth-order valence-corrected chi connectivity index (χ4v) is 1.58. The van der Waals surface area contributed by atoms with Gasteiger partial charge in [0.2, 0.25) is 0 Å². The van der Waals surface area contributed by atoms with Crippen LogP contribution in [0.15, 0.2) is 43.0 Å². The van der Waals surface area contributed by atoms with Crippen molar-refractivity contribution in [3.63, 3.8) is 0 Å². The van der Waals surface area contributed by atoms with Gasteiger partial charge in [-0.3, -0.25) is 0 Å². The highest BCUT2D eigenvalue weighted by molar-refractivity contribution is 5.32. The van der Waals surface area contributed by atoms with Crippen molar-refractivity contribution >= 4 is 0 Å². The molecule has 6 nitrogen and oxygen atoms in total. The van der Waals surface area contributed by atoms with E-state index < -0.39 is 0 Å². The summed E-state index contributed by atoms with van der Waals surface area (Å²) in [5.41, 5.74) is 0. The predicted octanol–water partition coefficient (Wildman–Crippen LogP) is 1.16. The number of aromatic nitrogens is 6. The first-order valence-electron chi connectivity index (χ1n) is 5.19. The third-order valence-corrected chi connectivity index (χ3v) is 2.29. The quantitative estimate of drug-likeness (QED) is 0.657. The second-order valence-corrected chi connectivity index (χ2v) is 3.53. The van der Waals surface area contributed by atoms with E-state index in [0.29, 0.717) is 5.82 Å². The van der Waals surface area contributed by atoms with Crippen LogP contribution < -0.4 is 0 Å². The van der Waals surface area contributed by atoms with Gasteiger partial charge in [-0.1, -0.05) is 0 Å². The Morgan fingerprint density at radius 3 is 1.82 bits per heavy atom. The smallest absolute Gasteiger partial charge is 0.159 e. The van der Waals surface area contributed by atoms with Gasteiger partial charge >= 0.3 is 0 Å². The van der Waals surface area contributed by atoms with Crippen LogP contribution in [0.4, 0.5) is 0 Å². The van der Waals surface area contributed by atoms with Crippen molar-refractivity contribution in [1.82, 2.24) is 29.5 Å². The molecule has 3 rings (SSSR count). The summed E-state index contributed by atoms with van der Waals surface area (Å²) in [6.45, 7) is 1.85. The van der Waals surface area contributed by atoms with Crippen molar-refractivity contribution in [2.75, 3.05) is 0 Å². The molecule has 17 heavy (non-hydrogen) atoms. The van der Waals surface area contributed by atoms with Crippen LogP contribution in [-0.4, -0.2) is 29.5 Å². The van der Waals surface area contributed by atoms with Gasteiger partial charge in [-0.2, -0.15) is 10.2 Å². The first kappa shape index (κ1) is 9.71. The summed E-state index contributed by atoms with van der Waals surface area (Å²) < 4.78 is 3.39. The molecule has 0 N–H and O–H groups in total. The van der Waals surface area contributed by atoms with E-state index in [2.05, 4.69) is 20.2 Å². The molecule has 6 heteroatoms. The molecular formula is C11H10N6. The molecule has 0 aromatic carbocycles. The maximum atomic E-state index is 4.33. The second kappa shape index (κ2) is 3.82. The normalized spacial score (nSPS) is 10.6. The largest absolute Gasteiger partial charge is 0.222 e. The van der Waals surface area contributed by atoms with Crippen molar-refractivity contribution in [2.24, 2.45) is 0 Å². The molecule has 3 aromatic rings. The summed E-state index contributed by atoms with van der Waals surface area (Å²) in [5, 5.41) is 8.29. The van der Waals surface area contributed by atoms with Crippen LogP contribution in [0.25, 0.3) is 11.6 Å². The Hall–Kier alpha value is -2.50. The molecule has 0 amide bonds. The Morgan fingerprint density at radius 1 is 0.882 bits per heavy atom. The maximum absolute atomic E-state index is 4.33. The second-order valence-electron chi connectivity index (χ2n) is 3.53. The molecule has 0 saturated carbocycles. The van der Waals surface area contributed by atoms with Crippen molar-refractivity contribution in [3.8, 4) is 11.6 Å². The SMILES string of the molecule is Cc1nc(-n2cccn2)cc(-n2cccn2)n1. The maximum Gasteiger partial charge on any atom is 0.159 e. The summed E-state index contributed by atoms with van der Waals surface area (Å²) in [4.78, 5) is 8.67. The molecule has 0 bridgehead atoms. The van der Waals surface area contributed by atoms with E-state index in [9.17, 15) is 0 Å². The summed E-state index contributed by atoms with van der Waals surface area (Å²) in [6.07, 6.45) is 7.11. The Morgan fingerprint density at radius 2 is 1.41 bits per heavy atom. The lowest BCUT2D eigenvalue weighted by molar-refractivity contribution is 0.790. The third-order valence-electron chi connectivity index (χ3n) is 2.29. The molecule has 0 aliphatic rings. The van der Waals surface area contributed by atoms with Crippen LogP contribution >= 0.6 is 0 Å². The van der Waals surface area contributed by atoms with E-state index in [-0.39, 0.29) is 0 Å². The standard InChI is InChI=1S/C11H10N6/c1-9-14-10(16-6-2-4-12-16)8-11(15-9)17-7-3-5-13-17/h2-8H,1H3. The zero-order chi connectivity index (χ0) is 11.7. The molecule has 0 saturated heterocycles. The van der Waals surface area contributed by atoms with Crippen molar-refractivity contribution in [3.05, 3.63) is 48.8 Å². The van der Waals surface area contributed by atoms with E-state index >= 15 is 0 Å². The van der Waals surface area contributed by atoms with Gasteiger partial charge in [0.25, 0.3) is 0 Å². The fraction of sp³-hybridized carbons (Fsp3) is 0.0909. The molecule has 0 atom stereocenters. The zero-order valence-corrected chi connectivity index (χ0v) is 9.22. The predicted molar refractivity (Wildman–Crippen MR) is 61.0 cm³/mol. The van der Waals surface area contributed by atoms with E-state index in [0.717, 1.165) is 11.6 Å². The molecule has 0 spiro atoms. The lowest BCUT2D eigenvalue weighted by atomic mass is 10.5. The lowest BCUT2D eigenvalue weighted by Crippen LogP contribution is -2.06. The Kier molecular flexibility index (Phi) is 2.18. The number of nitrogens with zero attached hydrogens (tertiary/aromatic N) is 6. The van der Waals surface area contributed by atoms with Gasteiger partial charge in [0.15, 0.2) is 11.6 Å². The van der Waals surface area contributed by atoms with Crippen LogP contribution in [0.5, 0.6) is 0 Å². The van der Waals surface area contributed by atoms with E-state index in [1.807, 2.05) is 37.5 Å². The Bertz CT molecular complexity index is 559. The summed E-state index contributed by atoms with van der Waals surface area (Å²) in [6, 6.07) is 5.54. The molecule has 0 unspecified atom stereocenters. The van der Waals surface area contributed by atoms with E-state index in [1.54, 1.807) is 21.8 Å². The van der Waals surface area contributed by atoms with Crippen LogP contribution in [0.1, 0.15) is 5.82 Å². The fourth-order valence-electron chi connectivity index (χ4n) is 1.58. The van der Waals surface area contributed by atoms with Crippen LogP contribution in [0.2, 0.25) is 0 Å². The van der Waals surface area contributed by atoms with Gasteiger partial charge < -0.3 is 0 Å². The van der Waals surface area contributed by atoms with Gasteiger partial charge in [0, 0.05) is 30.9 Å². The van der Waals surface area contributed by atoms with E-state index in [1.165, 1.54) is 0 Å². The summed E-state index contributed by atoms with van der Waals surface area (Å²) in [7, 11) is 0.